The number of aromatic nitrogens is 2. The number of rotatable bonds is 6. The summed E-state index contributed by atoms with van der Waals surface area (Å²) in [4.78, 5) is 4.54. The van der Waals surface area contributed by atoms with Crippen LogP contribution in [0.2, 0.25) is 0 Å². The second-order valence-electron chi connectivity index (χ2n) is 6.23. The van der Waals surface area contributed by atoms with Crippen LogP contribution in [-0.4, -0.2) is 22.1 Å². The van der Waals surface area contributed by atoms with Crippen LogP contribution in [-0.2, 0) is 0 Å². The van der Waals surface area contributed by atoms with E-state index >= 15 is 0 Å². The maximum Gasteiger partial charge on any atom is 0.243 e. The van der Waals surface area contributed by atoms with Gasteiger partial charge in [-0.25, -0.2) is 0 Å². The zero-order valence-corrected chi connectivity index (χ0v) is 13.7. The molecule has 0 aliphatic heterocycles. The highest BCUT2D eigenvalue weighted by atomic mass is 32.2. The van der Waals surface area contributed by atoms with Crippen molar-refractivity contribution in [2.24, 2.45) is 17.6 Å². The summed E-state index contributed by atoms with van der Waals surface area (Å²) in [7, 11) is 0. The van der Waals surface area contributed by atoms with Crippen molar-refractivity contribution in [1.29, 1.82) is 0 Å². The fourth-order valence-electron chi connectivity index (χ4n) is 2.98. The summed E-state index contributed by atoms with van der Waals surface area (Å²) >= 11 is 1.79. The van der Waals surface area contributed by atoms with Crippen LogP contribution >= 0.6 is 11.8 Å². The Morgan fingerprint density at radius 2 is 2.00 bits per heavy atom. The number of nitrogens with two attached hydrogens (primary N) is 1. The molecule has 1 heterocycles. The van der Waals surface area contributed by atoms with Gasteiger partial charge in [-0.3, -0.25) is 0 Å². The van der Waals surface area contributed by atoms with Gasteiger partial charge in [0.2, 0.25) is 5.89 Å². The van der Waals surface area contributed by atoms with Crippen LogP contribution in [0.1, 0.15) is 69.6 Å². The Morgan fingerprint density at radius 1 is 1.30 bits per heavy atom. The van der Waals surface area contributed by atoms with Crippen LogP contribution in [0.15, 0.2) is 4.52 Å². The summed E-state index contributed by atoms with van der Waals surface area (Å²) < 4.78 is 5.36. The van der Waals surface area contributed by atoms with Gasteiger partial charge in [0.1, 0.15) is 0 Å². The third kappa shape index (κ3) is 3.98. The number of nitrogens with zero attached hydrogens (tertiary/aromatic N) is 2. The van der Waals surface area contributed by atoms with Crippen LogP contribution in [0.4, 0.5) is 0 Å². The van der Waals surface area contributed by atoms with Crippen LogP contribution < -0.4 is 5.73 Å². The first-order valence-electron chi connectivity index (χ1n) is 7.69. The molecule has 1 saturated carbocycles. The van der Waals surface area contributed by atoms with Crippen molar-refractivity contribution in [3.05, 3.63) is 11.7 Å². The topological polar surface area (TPSA) is 64.9 Å². The molecule has 5 heteroatoms. The zero-order chi connectivity index (χ0) is 14.5. The zero-order valence-electron chi connectivity index (χ0n) is 12.8. The van der Waals surface area contributed by atoms with Gasteiger partial charge < -0.3 is 10.3 Å². The quantitative estimate of drug-likeness (QED) is 0.866. The Labute approximate surface area is 126 Å². The number of hydrogen-bond donors (Lipinski definition) is 1. The van der Waals surface area contributed by atoms with Crippen LogP contribution in [0.3, 0.4) is 0 Å². The second-order valence-corrected chi connectivity index (χ2v) is 7.22. The van der Waals surface area contributed by atoms with Gasteiger partial charge in [0, 0.05) is 5.92 Å². The largest absolute Gasteiger partial charge is 0.338 e. The Bertz CT molecular complexity index is 400. The Morgan fingerprint density at radius 3 is 2.60 bits per heavy atom. The summed E-state index contributed by atoms with van der Waals surface area (Å²) in [5.74, 6) is 4.63. The first kappa shape index (κ1) is 15.8. The van der Waals surface area contributed by atoms with E-state index in [1.54, 1.807) is 11.8 Å². The molecule has 1 aromatic heterocycles. The average molecular weight is 297 g/mol. The van der Waals surface area contributed by atoms with Crippen molar-refractivity contribution in [3.63, 3.8) is 0 Å². The van der Waals surface area contributed by atoms with E-state index in [4.69, 9.17) is 10.3 Å². The standard InChI is InChI=1S/C15H27N3OS/c1-10(2)11-4-6-12(7-5-11)14-17-15(19-18-14)13(16)8-9-20-3/h10-13H,4-9,16H2,1-3H3/t11?,12?,13-/m1/s1. The predicted molar refractivity (Wildman–Crippen MR) is 83.8 cm³/mol. The lowest BCUT2D eigenvalue weighted by molar-refractivity contribution is 0.251. The van der Waals surface area contributed by atoms with Gasteiger partial charge >= 0.3 is 0 Å². The normalized spacial score (nSPS) is 25.1. The van der Waals surface area contributed by atoms with E-state index in [0.717, 1.165) is 29.8 Å². The summed E-state index contributed by atoms with van der Waals surface area (Å²) in [5.41, 5.74) is 6.08. The molecule has 0 spiro atoms. The minimum Gasteiger partial charge on any atom is -0.338 e. The minimum atomic E-state index is -0.115. The maximum atomic E-state index is 6.08. The molecule has 0 bridgehead atoms. The van der Waals surface area contributed by atoms with Gasteiger partial charge in [0.05, 0.1) is 6.04 Å². The highest BCUT2D eigenvalue weighted by Crippen LogP contribution is 2.37. The van der Waals surface area contributed by atoms with E-state index in [-0.39, 0.29) is 6.04 Å². The van der Waals surface area contributed by atoms with E-state index in [2.05, 4.69) is 30.2 Å². The van der Waals surface area contributed by atoms with Gasteiger partial charge in [0.15, 0.2) is 5.82 Å². The van der Waals surface area contributed by atoms with E-state index < -0.39 is 0 Å². The molecule has 0 saturated heterocycles. The molecule has 114 valence electrons. The molecule has 4 nitrogen and oxygen atoms in total. The lowest BCUT2D eigenvalue weighted by Gasteiger charge is -2.29. The fraction of sp³-hybridized carbons (Fsp3) is 0.867. The monoisotopic (exact) mass is 297 g/mol. The van der Waals surface area contributed by atoms with Gasteiger partial charge in [-0.1, -0.05) is 19.0 Å². The lowest BCUT2D eigenvalue weighted by Crippen LogP contribution is -2.18. The van der Waals surface area contributed by atoms with Crippen molar-refractivity contribution < 1.29 is 4.52 Å². The molecule has 1 atom stereocenters. The maximum absolute atomic E-state index is 6.08. The summed E-state index contributed by atoms with van der Waals surface area (Å²) in [6.07, 6.45) is 7.90. The Kier molecular flexibility index (Phi) is 5.90. The molecule has 2 rings (SSSR count). The molecule has 0 radical (unpaired) electrons. The fourth-order valence-corrected chi connectivity index (χ4v) is 3.47. The van der Waals surface area contributed by atoms with Gasteiger partial charge in [-0.15, -0.1) is 0 Å². The van der Waals surface area contributed by atoms with Crippen molar-refractivity contribution in [2.45, 2.75) is 57.9 Å². The first-order chi connectivity index (χ1) is 9.61. The molecule has 1 aliphatic carbocycles. The number of thioether (sulfide) groups is 1. The van der Waals surface area contributed by atoms with E-state index in [1.807, 2.05) is 0 Å². The van der Waals surface area contributed by atoms with Crippen LogP contribution in [0, 0.1) is 11.8 Å². The summed E-state index contributed by atoms with van der Waals surface area (Å²) in [5, 5.41) is 4.17. The molecule has 0 amide bonds. The molecule has 0 unspecified atom stereocenters. The second kappa shape index (κ2) is 7.46. The molecule has 1 aromatic rings. The smallest absolute Gasteiger partial charge is 0.243 e. The summed E-state index contributed by atoms with van der Waals surface area (Å²) in [6, 6.07) is -0.115. The van der Waals surface area contributed by atoms with Gasteiger partial charge in [-0.05, 0) is 55.9 Å². The molecule has 0 aromatic carbocycles. The third-order valence-corrected chi connectivity index (χ3v) is 5.13. The van der Waals surface area contributed by atoms with Crippen LogP contribution in [0.5, 0.6) is 0 Å². The van der Waals surface area contributed by atoms with E-state index in [9.17, 15) is 0 Å². The van der Waals surface area contributed by atoms with Gasteiger partial charge in [0.25, 0.3) is 0 Å². The van der Waals surface area contributed by atoms with Gasteiger partial charge in [-0.2, -0.15) is 16.7 Å². The highest BCUT2D eigenvalue weighted by Gasteiger charge is 2.27. The molecule has 20 heavy (non-hydrogen) atoms. The summed E-state index contributed by atoms with van der Waals surface area (Å²) in [6.45, 7) is 4.64. The van der Waals surface area contributed by atoms with Crippen molar-refractivity contribution in [1.82, 2.24) is 10.1 Å². The average Bonchev–Trinajstić information content (AvgIpc) is 2.94. The van der Waals surface area contributed by atoms with E-state index in [0.29, 0.717) is 11.8 Å². The van der Waals surface area contributed by atoms with Crippen LogP contribution in [0.25, 0.3) is 0 Å². The Hall–Kier alpha value is -0.550. The molecule has 2 N–H and O–H groups in total. The third-order valence-electron chi connectivity index (χ3n) is 4.49. The van der Waals surface area contributed by atoms with E-state index in [1.165, 1.54) is 25.7 Å². The van der Waals surface area contributed by atoms with Crippen molar-refractivity contribution in [2.75, 3.05) is 12.0 Å². The highest BCUT2D eigenvalue weighted by molar-refractivity contribution is 7.98. The predicted octanol–water partition coefficient (Wildman–Crippen LogP) is 3.75. The first-order valence-corrected chi connectivity index (χ1v) is 9.09. The van der Waals surface area contributed by atoms with Crippen molar-refractivity contribution in [3.8, 4) is 0 Å². The molecular weight excluding hydrogens is 270 g/mol. The number of hydrogen-bond acceptors (Lipinski definition) is 5. The Balaban J connectivity index is 1.89. The van der Waals surface area contributed by atoms with Crippen molar-refractivity contribution >= 4 is 11.8 Å². The molecule has 1 fully saturated rings. The lowest BCUT2D eigenvalue weighted by atomic mass is 9.77. The minimum absolute atomic E-state index is 0.115. The SMILES string of the molecule is CSCC[C@@H](N)c1nc(C2CCC(C(C)C)CC2)no1. The molecule has 1 aliphatic rings. The molecular formula is C15H27N3OS.